The number of halogens is 1. The second-order valence-electron chi connectivity index (χ2n) is 4.09. The first-order valence-electron chi connectivity index (χ1n) is 5.91. The van der Waals surface area contributed by atoms with E-state index in [2.05, 4.69) is 17.2 Å². The van der Waals surface area contributed by atoms with E-state index in [0.29, 0.717) is 11.3 Å². The zero-order valence-corrected chi connectivity index (χ0v) is 11.2. The fourth-order valence-corrected chi connectivity index (χ4v) is 1.84. The standard InChI is InChI=1S/C14H14ClN3O/c1-2-9-3-5-10(6-4-9)18-14(19)11-7-13(16)17-8-12(11)15/h3-8H,2H2,1H3,(H2,16,17)(H,18,19). The molecule has 2 aromatic rings. The molecule has 0 aliphatic carbocycles. The van der Waals surface area contributed by atoms with E-state index in [1.165, 1.54) is 17.8 Å². The topological polar surface area (TPSA) is 68.0 Å². The molecule has 0 spiro atoms. The van der Waals surface area contributed by atoms with Gasteiger partial charge >= 0.3 is 0 Å². The summed E-state index contributed by atoms with van der Waals surface area (Å²) >= 11 is 5.93. The second-order valence-corrected chi connectivity index (χ2v) is 4.50. The van der Waals surface area contributed by atoms with Gasteiger partial charge in [-0.2, -0.15) is 0 Å². The Kier molecular flexibility index (Phi) is 4.02. The summed E-state index contributed by atoms with van der Waals surface area (Å²) < 4.78 is 0. The van der Waals surface area contributed by atoms with Crippen molar-refractivity contribution in [2.45, 2.75) is 13.3 Å². The summed E-state index contributed by atoms with van der Waals surface area (Å²) in [6, 6.07) is 9.11. The molecule has 3 N–H and O–H groups in total. The van der Waals surface area contributed by atoms with Crippen LogP contribution in [0.15, 0.2) is 36.5 Å². The number of amides is 1. The van der Waals surface area contributed by atoms with E-state index >= 15 is 0 Å². The highest BCUT2D eigenvalue weighted by atomic mass is 35.5. The van der Waals surface area contributed by atoms with Crippen LogP contribution < -0.4 is 11.1 Å². The Balaban J connectivity index is 2.18. The van der Waals surface area contributed by atoms with Crippen molar-refractivity contribution in [1.29, 1.82) is 0 Å². The highest BCUT2D eigenvalue weighted by Gasteiger charge is 2.11. The number of hydrogen-bond acceptors (Lipinski definition) is 3. The van der Waals surface area contributed by atoms with Gasteiger partial charge in [0.15, 0.2) is 0 Å². The Morgan fingerprint density at radius 1 is 1.37 bits per heavy atom. The molecule has 19 heavy (non-hydrogen) atoms. The number of aromatic nitrogens is 1. The number of carbonyl (C=O) groups is 1. The number of benzene rings is 1. The van der Waals surface area contributed by atoms with E-state index in [0.717, 1.165) is 6.42 Å². The molecular formula is C14H14ClN3O. The summed E-state index contributed by atoms with van der Waals surface area (Å²) in [4.78, 5) is 15.9. The van der Waals surface area contributed by atoms with Gasteiger partial charge in [-0.1, -0.05) is 30.7 Å². The van der Waals surface area contributed by atoms with Gasteiger partial charge in [-0.15, -0.1) is 0 Å². The van der Waals surface area contributed by atoms with E-state index in [-0.39, 0.29) is 16.7 Å². The maximum absolute atomic E-state index is 12.1. The highest BCUT2D eigenvalue weighted by Crippen LogP contribution is 2.18. The first kappa shape index (κ1) is 13.4. The van der Waals surface area contributed by atoms with Gasteiger partial charge in [-0.05, 0) is 30.2 Å². The predicted molar refractivity (Wildman–Crippen MR) is 77.4 cm³/mol. The largest absolute Gasteiger partial charge is 0.384 e. The molecular weight excluding hydrogens is 262 g/mol. The molecule has 1 amide bonds. The molecule has 0 aliphatic heterocycles. The lowest BCUT2D eigenvalue weighted by atomic mass is 10.1. The number of pyridine rings is 1. The zero-order valence-electron chi connectivity index (χ0n) is 10.5. The number of nitrogens with zero attached hydrogens (tertiary/aromatic N) is 1. The van der Waals surface area contributed by atoms with E-state index in [4.69, 9.17) is 17.3 Å². The van der Waals surface area contributed by atoms with Gasteiger partial charge in [0.05, 0.1) is 10.6 Å². The maximum atomic E-state index is 12.1. The Morgan fingerprint density at radius 3 is 2.68 bits per heavy atom. The maximum Gasteiger partial charge on any atom is 0.257 e. The van der Waals surface area contributed by atoms with Crippen molar-refractivity contribution in [3.63, 3.8) is 0 Å². The number of hydrogen-bond donors (Lipinski definition) is 2. The van der Waals surface area contributed by atoms with Crippen LogP contribution in [0.25, 0.3) is 0 Å². The number of rotatable bonds is 3. The Labute approximate surface area is 116 Å². The molecule has 4 nitrogen and oxygen atoms in total. The van der Waals surface area contributed by atoms with E-state index < -0.39 is 0 Å². The Bertz CT molecular complexity index is 596. The molecule has 0 radical (unpaired) electrons. The molecule has 0 fully saturated rings. The van der Waals surface area contributed by atoms with Crippen molar-refractivity contribution in [2.75, 3.05) is 11.1 Å². The smallest absolute Gasteiger partial charge is 0.257 e. The molecule has 0 atom stereocenters. The van der Waals surface area contributed by atoms with Crippen LogP contribution in [0.4, 0.5) is 11.5 Å². The molecule has 1 aromatic carbocycles. The fourth-order valence-electron chi connectivity index (χ4n) is 1.65. The van der Waals surface area contributed by atoms with E-state index in [9.17, 15) is 4.79 Å². The Morgan fingerprint density at radius 2 is 2.05 bits per heavy atom. The highest BCUT2D eigenvalue weighted by molar-refractivity contribution is 6.34. The van der Waals surface area contributed by atoms with Gasteiger partial charge in [0.1, 0.15) is 5.82 Å². The van der Waals surface area contributed by atoms with E-state index in [1.807, 2.05) is 24.3 Å². The lowest BCUT2D eigenvalue weighted by Gasteiger charge is -2.07. The van der Waals surface area contributed by atoms with Crippen molar-refractivity contribution in [1.82, 2.24) is 4.98 Å². The van der Waals surface area contributed by atoms with Crippen LogP contribution in [-0.4, -0.2) is 10.9 Å². The lowest BCUT2D eigenvalue weighted by Crippen LogP contribution is -2.13. The van der Waals surface area contributed by atoms with Gasteiger partial charge in [0.2, 0.25) is 0 Å². The van der Waals surface area contributed by atoms with Crippen molar-refractivity contribution < 1.29 is 4.79 Å². The van der Waals surface area contributed by atoms with Crippen molar-refractivity contribution >= 4 is 29.0 Å². The summed E-state index contributed by atoms with van der Waals surface area (Å²) in [5.74, 6) is -0.0424. The minimum Gasteiger partial charge on any atom is -0.384 e. The van der Waals surface area contributed by atoms with Crippen LogP contribution in [0.3, 0.4) is 0 Å². The molecule has 0 bridgehead atoms. The molecule has 0 aliphatic rings. The monoisotopic (exact) mass is 275 g/mol. The summed E-state index contributed by atoms with van der Waals surface area (Å²) in [5, 5.41) is 3.05. The number of anilines is 2. The first-order valence-corrected chi connectivity index (χ1v) is 6.29. The third-order valence-corrected chi connectivity index (χ3v) is 3.04. The predicted octanol–water partition coefficient (Wildman–Crippen LogP) is 3.13. The van der Waals surface area contributed by atoms with Gasteiger partial charge in [-0.3, -0.25) is 4.79 Å². The minimum absolute atomic E-state index is 0.260. The summed E-state index contributed by atoms with van der Waals surface area (Å²) in [6.45, 7) is 2.08. The summed E-state index contributed by atoms with van der Waals surface area (Å²) in [5.41, 5.74) is 7.79. The summed E-state index contributed by atoms with van der Waals surface area (Å²) in [6.07, 6.45) is 2.33. The van der Waals surface area contributed by atoms with Crippen molar-refractivity contribution in [3.8, 4) is 0 Å². The number of aryl methyl sites for hydroxylation is 1. The van der Waals surface area contributed by atoms with Gasteiger partial charge in [0.25, 0.3) is 5.91 Å². The van der Waals surface area contributed by atoms with Crippen molar-refractivity contribution in [2.24, 2.45) is 0 Å². The third-order valence-electron chi connectivity index (χ3n) is 2.74. The number of nitrogens with one attached hydrogen (secondary N) is 1. The summed E-state index contributed by atoms with van der Waals surface area (Å²) in [7, 11) is 0. The molecule has 2 rings (SSSR count). The van der Waals surface area contributed by atoms with Gasteiger partial charge in [0, 0.05) is 11.9 Å². The van der Waals surface area contributed by atoms with Crippen LogP contribution in [0.1, 0.15) is 22.8 Å². The average Bonchev–Trinajstić information content (AvgIpc) is 2.42. The third kappa shape index (κ3) is 3.23. The number of carbonyl (C=O) groups excluding carboxylic acids is 1. The van der Waals surface area contributed by atoms with Gasteiger partial charge in [-0.25, -0.2) is 4.98 Å². The quantitative estimate of drug-likeness (QED) is 0.904. The molecule has 0 saturated heterocycles. The van der Waals surface area contributed by atoms with Crippen LogP contribution in [0.5, 0.6) is 0 Å². The van der Waals surface area contributed by atoms with Gasteiger partial charge < -0.3 is 11.1 Å². The fraction of sp³-hybridized carbons (Fsp3) is 0.143. The lowest BCUT2D eigenvalue weighted by molar-refractivity contribution is 0.102. The molecule has 0 saturated carbocycles. The van der Waals surface area contributed by atoms with Crippen LogP contribution in [0.2, 0.25) is 5.02 Å². The normalized spacial score (nSPS) is 10.2. The van der Waals surface area contributed by atoms with Crippen molar-refractivity contribution in [3.05, 3.63) is 52.7 Å². The zero-order chi connectivity index (χ0) is 13.8. The Hall–Kier alpha value is -2.07. The minimum atomic E-state index is -0.302. The molecule has 98 valence electrons. The second kappa shape index (κ2) is 5.71. The number of nitrogen functional groups attached to an aromatic ring is 1. The van der Waals surface area contributed by atoms with Crippen LogP contribution in [-0.2, 0) is 6.42 Å². The average molecular weight is 276 g/mol. The molecule has 0 unspecified atom stereocenters. The molecule has 1 aromatic heterocycles. The van der Waals surface area contributed by atoms with E-state index in [1.54, 1.807) is 0 Å². The molecule has 5 heteroatoms. The van der Waals surface area contributed by atoms with Crippen LogP contribution >= 0.6 is 11.6 Å². The van der Waals surface area contributed by atoms with Crippen LogP contribution in [0, 0.1) is 0 Å². The number of nitrogens with two attached hydrogens (primary N) is 1. The molecule has 1 heterocycles. The first-order chi connectivity index (χ1) is 9.10. The SMILES string of the molecule is CCc1ccc(NC(=O)c2cc(N)ncc2Cl)cc1.